The number of alkyl halides is 3. The van der Waals surface area contributed by atoms with Crippen molar-refractivity contribution in [2.45, 2.75) is 19.0 Å². The number of benzene rings is 3. The molecule has 6 heteroatoms. The summed E-state index contributed by atoms with van der Waals surface area (Å²) in [6, 6.07) is 20.0. The number of hydrogen-bond acceptors (Lipinski definition) is 2. The molecule has 158 valence electrons. The van der Waals surface area contributed by atoms with E-state index in [0.29, 0.717) is 23.4 Å². The number of aryl methyl sites for hydroxylation is 2. The molecule has 3 aromatic carbocycles. The molecule has 2 nitrogen and oxygen atoms in total. The minimum absolute atomic E-state index is 0.184. The molecule has 0 N–H and O–H groups in total. The van der Waals surface area contributed by atoms with Gasteiger partial charge in [0, 0.05) is 10.6 Å². The first-order valence-corrected chi connectivity index (χ1v) is 10.1. The van der Waals surface area contributed by atoms with Crippen LogP contribution in [0.25, 0.3) is 11.1 Å². The van der Waals surface area contributed by atoms with Gasteiger partial charge >= 0.3 is 12.1 Å². The molecule has 0 saturated carbocycles. The molecule has 4 rings (SSSR count). The fourth-order valence-corrected chi connectivity index (χ4v) is 3.80. The number of esters is 1. The Morgan fingerprint density at radius 1 is 0.871 bits per heavy atom. The lowest BCUT2D eigenvalue weighted by Crippen LogP contribution is -2.05. The molecule has 31 heavy (non-hydrogen) atoms. The van der Waals surface area contributed by atoms with Crippen molar-refractivity contribution in [2.24, 2.45) is 0 Å². The Labute approximate surface area is 182 Å². The van der Waals surface area contributed by atoms with Crippen LogP contribution in [0.1, 0.15) is 27.8 Å². The van der Waals surface area contributed by atoms with Crippen molar-refractivity contribution in [3.63, 3.8) is 0 Å². The summed E-state index contributed by atoms with van der Waals surface area (Å²) in [6.07, 6.45) is -3.22. The van der Waals surface area contributed by atoms with Crippen LogP contribution in [-0.2, 0) is 28.5 Å². The van der Waals surface area contributed by atoms with Gasteiger partial charge in [-0.15, -0.1) is 0 Å². The van der Waals surface area contributed by atoms with E-state index in [1.165, 1.54) is 12.1 Å². The van der Waals surface area contributed by atoms with E-state index in [-0.39, 0.29) is 12.6 Å². The third kappa shape index (κ3) is 4.67. The van der Waals surface area contributed by atoms with Crippen LogP contribution in [-0.4, -0.2) is 12.6 Å². The largest absolute Gasteiger partial charge is 0.457 e. The molecule has 0 spiro atoms. The van der Waals surface area contributed by atoms with Crippen LogP contribution in [0.4, 0.5) is 13.2 Å². The highest BCUT2D eigenvalue weighted by atomic mass is 35.5. The fraction of sp³-hybridized carbons (Fsp3) is 0.160. The Kier molecular flexibility index (Phi) is 5.88. The molecular weight excluding hydrogens is 425 g/mol. The van der Waals surface area contributed by atoms with E-state index < -0.39 is 11.7 Å². The quantitative estimate of drug-likeness (QED) is 0.415. The van der Waals surface area contributed by atoms with Gasteiger partial charge in [0.25, 0.3) is 0 Å². The summed E-state index contributed by atoms with van der Waals surface area (Å²) in [5.41, 5.74) is 4.02. The molecule has 1 aliphatic rings. The lowest BCUT2D eigenvalue weighted by atomic mass is 9.91. The standard InChI is InChI=1S/C25H18ClF3O2/c26-20-13-9-18(10-14-20)22-15-31-24(30)23(22)21-4-2-1-3-17(21)8-5-16-6-11-19(12-7-16)25(27,28)29/h1-4,6-7,9-14H,5,8,15H2. The van der Waals surface area contributed by atoms with Crippen LogP contribution in [0.2, 0.25) is 5.02 Å². The summed E-state index contributed by atoms with van der Waals surface area (Å²) in [5, 5.41) is 0.605. The van der Waals surface area contributed by atoms with Gasteiger partial charge in [-0.2, -0.15) is 13.2 Å². The summed E-state index contributed by atoms with van der Waals surface area (Å²) in [6.45, 7) is 0.184. The van der Waals surface area contributed by atoms with Gasteiger partial charge in [-0.25, -0.2) is 4.79 Å². The van der Waals surface area contributed by atoms with Crippen LogP contribution >= 0.6 is 11.6 Å². The van der Waals surface area contributed by atoms with Gasteiger partial charge in [-0.1, -0.05) is 60.1 Å². The van der Waals surface area contributed by atoms with Crippen LogP contribution < -0.4 is 0 Å². The molecule has 1 aliphatic heterocycles. The molecule has 0 amide bonds. The number of ether oxygens (including phenoxy) is 1. The van der Waals surface area contributed by atoms with Crippen LogP contribution in [0.15, 0.2) is 72.8 Å². The lowest BCUT2D eigenvalue weighted by Gasteiger charge is -2.12. The number of halogens is 4. The van der Waals surface area contributed by atoms with Crippen molar-refractivity contribution in [2.75, 3.05) is 6.61 Å². The van der Waals surface area contributed by atoms with E-state index in [1.807, 2.05) is 36.4 Å². The first-order chi connectivity index (χ1) is 14.8. The van der Waals surface area contributed by atoms with Crippen molar-refractivity contribution in [3.05, 3.63) is 106 Å². The Morgan fingerprint density at radius 2 is 1.55 bits per heavy atom. The molecular formula is C25H18ClF3O2. The maximum absolute atomic E-state index is 12.8. The zero-order chi connectivity index (χ0) is 22.0. The van der Waals surface area contributed by atoms with Crippen molar-refractivity contribution in [1.82, 2.24) is 0 Å². The number of cyclic esters (lactones) is 1. The molecule has 1 heterocycles. The monoisotopic (exact) mass is 442 g/mol. The van der Waals surface area contributed by atoms with Crippen molar-refractivity contribution in [1.29, 1.82) is 0 Å². The maximum atomic E-state index is 12.8. The second-order valence-corrected chi connectivity index (χ2v) is 7.72. The Morgan fingerprint density at radius 3 is 2.23 bits per heavy atom. The summed E-state index contributed by atoms with van der Waals surface area (Å²) < 4.78 is 43.7. The minimum atomic E-state index is -4.35. The molecule has 3 aromatic rings. The second-order valence-electron chi connectivity index (χ2n) is 7.29. The molecule has 0 aromatic heterocycles. The number of rotatable bonds is 5. The molecule has 0 atom stereocenters. The summed E-state index contributed by atoms with van der Waals surface area (Å²) in [7, 11) is 0. The third-order valence-corrected chi connectivity index (χ3v) is 5.55. The fourth-order valence-electron chi connectivity index (χ4n) is 3.68. The number of carbonyl (C=O) groups is 1. The Hall–Kier alpha value is -3.05. The Bertz CT molecular complexity index is 1130. The molecule has 0 radical (unpaired) electrons. The van der Waals surface area contributed by atoms with Crippen LogP contribution in [0, 0.1) is 0 Å². The smallest absolute Gasteiger partial charge is 0.416 e. The van der Waals surface area contributed by atoms with Crippen LogP contribution in [0.3, 0.4) is 0 Å². The normalized spacial score (nSPS) is 14.1. The van der Waals surface area contributed by atoms with E-state index in [4.69, 9.17) is 16.3 Å². The van der Waals surface area contributed by atoms with Crippen molar-refractivity contribution >= 4 is 28.7 Å². The van der Waals surface area contributed by atoms with E-state index in [1.54, 1.807) is 12.1 Å². The van der Waals surface area contributed by atoms with Gasteiger partial charge in [0.2, 0.25) is 0 Å². The lowest BCUT2D eigenvalue weighted by molar-refractivity contribution is -0.137. The summed E-state index contributed by atoms with van der Waals surface area (Å²) >= 11 is 5.98. The highest BCUT2D eigenvalue weighted by Gasteiger charge is 2.30. The molecule has 0 unspecified atom stereocenters. The first-order valence-electron chi connectivity index (χ1n) is 9.73. The summed E-state index contributed by atoms with van der Waals surface area (Å²) in [4.78, 5) is 12.6. The topological polar surface area (TPSA) is 26.3 Å². The molecule has 0 fully saturated rings. The van der Waals surface area contributed by atoms with Crippen molar-refractivity contribution < 1.29 is 22.7 Å². The van der Waals surface area contributed by atoms with Crippen LogP contribution in [0.5, 0.6) is 0 Å². The van der Waals surface area contributed by atoms with Gasteiger partial charge in [0.1, 0.15) is 6.61 Å². The highest BCUT2D eigenvalue weighted by Crippen LogP contribution is 2.35. The van der Waals surface area contributed by atoms with Gasteiger partial charge < -0.3 is 4.74 Å². The number of hydrogen-bond donors (Lipinski definition) is 0. The third-order valence-electron chi connectivity index (χ3n) is 5.30. The van der Waals surface area contributed by atoms with Gasteiger partial charge in [0.05, 0.1) is 11.1 Å². The van der Waals surface area contributed by atoms with E-state index in [2.05, 4.69) is 0 Å². The van der Waals surface area contributed by atoms with Crippen molar-refractivity contribution in [3.8, 4) is 0 Å². The predicted octanol–water partition coefficient (Wildman–Crippen LogP) is 6.61. The number of carbonyl (C=O) groups excluding carboxylic acids is 1. The van der Waals surface area contributed by atoms with E-state index >= 15 is 0 Å². The molecule has 0 aliphatic carbocycles. The zero-order valence-corrected chi connectivity index (χ0v) is 17.1. The Balaban J connectivity index is 1.63. The average Bonchev–Trinajstić information content (AvgIpc) is 3.14. The van der Waals surface area contributed by atoms with Gasteiger partial charge in [0.15, 0.2) is 0 Å². The molecule has 0 saturated heterocycles. The van der Waals surface area contributed by atoms with E-state index in [0.717, 1.165) is 40.0 Å². The first kappa shape index (κ1) is 21.2. The minimum Gasteiger partial charge on any atom is -0.457 e. The highest BCUT2D eigenvalue weighted by molar-refractivity contribution is 6.31. The molecule has 0 bridgehead atoms. The van der Waals surface area contributed by atoms with E-state index in [9.17, 15) is 18.0 Å². The summed E-state index contributed by atoms with van der Waals surface area (Å²) in [5.74, 6) is -0.382. The average molecular weight is 443 g/mol. The predicted molar refractivity (Wildman–Crippen MR) is 115 cm³/mol. The van der Waals surface area contributed by atoms with Gasteiger partial charge in [-0.3, -0.25) is 0 Å². The maximum Gasteiger partial charge on any atom is 0.416 e. The zero-order valence-electron chi connectivity index (χ0n) is 16.4. The van der Waals surface area contributed by atoms with Gasteiger partial charge in [-0.05, 0) is 59.4 Å². The SMILES string of the molecule is O=C1OCC(c2ccc(Cl)cc2)=C1c1ccccc1CCc1ccc(C(F)(F)F)cc1. The second kappa shape index (κ2) is 8.60.